The third-order valence-electron chi connectivity index (χ3n) is 3.62. The standard InChI is InChI=1S/C13H19N3O2/c1-9-6-11-12(18-8-17-11)7-10(9)13(14)16-4-2-15-3-5-16/h6-7,13,15H,2-5,8,14H2,1H3. The molecule has 1 aromatic carbocycles. The van der Waals surface area contributed by atoms with E-state index in [0.717, 1.165) is 48.8 Å². The molecule has 0 aliphatic carbocycles. The molecule has 0 saturated carbocycles. The van der Waals surface area contributed by atoms with E-state index in [0.29, 0.717) is 6.79 Å². The van der Waals surface area contributed by atoms with E-state index in [1.54, 1.807) is 0 Å². The minimum atomic E-state index is -0.0680. The van der Waals surface area contributed by atoms with Crippen LogP contribution < -0.4 is 20.5 Å². The molecule has 5 nitrogen and oxygen atoms in total. The number of piperazine rings is 1. The van der Waals surface area contributed by atoms with Crippen molar-refractivity contribution in [1.82, 2.24) is 10.2 Å². The van der Waals surface area contributed by atoms with E-state index < -0.39 is 0 Å². The van der Waals surface area contributed by atoms with Crippen LogP contribution in [0.3, 0.4) is 0 Å². The number of fused-ring (bicyclic) bond motifs is 1. The van der Waals surface area contributed by atoms with E-state index in [9.17, 15) is 0 Å². The van der Waals surface area contributed by atoms with Gasteiger partial charge in [0.05, 0.1) is 6.17 Å². The largest absolute Gasteiger partial charge is 0.454 e. The number of aryl methyl sites for hydroxylation is 1. The van der Waals surface area contributed by atoms with Crippen molar-refractivity contribution < 1.29 is 9.47 Å². The molecule has 2 aliphatic heterocycles. The Hall–Kier alpha value is -1.30. The van der Waals surface area contributed by atoms with Crippen LogP contribution in [0, 0.1) is 6.92 Å². The number of nitrogens with zero attached hydrogens (tertiary/aromatic N) is 1. The molecule has 5 heteroatoms. The molecule has 2 heterocycles. The zero-order valence-corrected chi connectivity index (χ0v) is 10.6. The molecule has 2 aliphatic rings. The zero-order chi connectivity index (χ0) is 12.5. The lowest BCUT2D eigenvalue weighted by molar-refractivity contribution is 0.172. The van der Waals surface area contributed by atoms with Gasteiger partial charge in [0.25, 0.3) is 0 Å². The summed E-state index contributed by atoms with van der Waals surface area (Å²) in [5.41, 5.74) is 8.65. The van der Waals surface area contributed by atoms with E-state index in [1.165, 1.54) is 0 Å². The summed E-state index contributed by atoms with van der Waals surface area (Å²) >= 11 is 0. The van der Waals surface area contributed by atoms with Crippen molar-refractivity contribution in [2.45, 2.75) is 13.1 Å². The number of hydrogen-bond donors (Lipinski definition) is 2. The fourth-order valence-corrected chi connectivity index (χ4v) is 2.53. The van der Waals surface area contributed by atoms with Gasteiger partial charge in [0.15, 0.2) is 11.5 Å². The summed E-state index contributed by atoms with van der Waals surface area (Å²) in [7, 11) is 0. The molecule has 18 heavy (non-hydrogen) atoms. The van der Waals surface area contributed by atoms with Crippen LogP contribution >= 0.6 is 0 Å². The summed E-state index contributed by atoms with van der Waals surface area (Å²) in [6, 6.07) is 4.03. The number of ether oxygens (including phenoxy) is 2. The SMILES string of the molecule is Cc1cc2c(cc1C(N)N1CCNCC1)OCO2. The third kappa shape index (κ3) is 2.05. The molecule has 1 aromatic rings. The highest BCUT2D eigenvalue weighted by atomic mass is 16.7. The first kappa shape index (κ1) is 11.8. The first-order valence-electron chi connectivity index (χ1n) is 6.36. The number of nitrogens with two attached hydrogens (primary N) is 1. The van der Waals surface area contributed by atoms with Crippen LogP contribution in [0.5, 0.6) is 11.5 Å². The minimum absolute atomic E-state index is 0.0680. The van der Waals surface area contributed by atoms with Crippen molar-refractivity contribution >= 4 is 0 Å². The molecule has 0 amide bonds. The van der Waals surface area contributed by atoms with E-state index in [2.05, 4.69) is 17.1 Å². The number of hydrogen-bond acceptors (Lipinski definition) is 5. The number of benzene rings is 1. The van der Waals surface area contributed by atoms with Crippen molar-refractivity contribution in [2.75, 3.05) is 33.0 Å². The molecule has 1 fully saturated rings. The normalized spacial score (nSPS) is 21.0. The van der Waals surface area contributed by atoms with Gasteiger partial charge in [0, 0.05) is 26.2 Å². The molecule has 98 valence electrons. The average Bonchev–Trinajstić information content (AvgIpc) is 2.85. The van der Waals surface area contributed by atoms with E-state index in [-0.39, 0.29) is 6.17 Å². The number of rotatable bonds is 2. The fourth-order valence-electron chi connectivity index (χ4n) is 2.53. The number of nitrogens with one attached hydrogen (secondary N) is 1. The fraction of sp³-hybridized carbons (Fsp3) is 0.538. The Morgan fingerprint density at radius 2 is 1.89 bits per heavy atom. The summed E-state index contributed by atoms with van der Waals surface area (Å²) < 4.78 is 10.8. The molecule has 1 unspecified atom stereocenters. The molecule has 3 rings (SSSR count). The van der Waals surface area contributed by atoms with Crippen LogP contribution in [-0.4, -0.2) is 37.9 Å². The average molecular weight is 249 g/mol. The van der Waals surface area contributed by atoms with E-state index >= 15 is 0 Å². The van der Waals surface area contributed by atoms with Gasteiger partial charge in [0.1, 0.15) is 0 Å². The minimum Gasteiger partial charge on any atom is -0.454 e. The summed E-state index contributed by atoms with van der Waals surface area (Å²) in [5, 5.41) is 3.34. The molecule has 0 aromatic heterocycles. The van der Waals surface area contributed by atoms with Gasteiger partial charge in [-0.3, -0.25) is 4.90 Å². The van der Waals surface area contributed by atoms with Gasteiger partial charge in [-0.05, 0) is 30.2 Å². The lowest BCUT2D eigenvalue weighted by Gasteiger charge is -2.33. The lowest BCUT2D eigenvalue weighted by Crippen LogP contribution is -2.47. The van der Waals surface area contributed by atoms with E-state index in [4.69, 9.17) is 15.2 Å². The second kappa shape index (κ2) is 4.76. The monoisotopic (exact) mass is 249 g/mol. The Balaban J connectivity index is 1.86. The highest BCUT2D eigenvalue weighted by Crippen LogP contribution is 2.36. The Morgan fingerprint density at radius 3 is 2.61 bits per heavy atom. The molecular formula is C13H19N3O2. The van der Waals surface area contributed by atoms with Gasteiger partial charge in [-0.2, -0.15) is 0 Å². The first-order valence-corrected chi connectivity index (χ1v) is 6.36. The maximum atomic E-state index is 6.37. The van der Waals surface area contributed by atoms with Crippen molar-refractivity contribution in [3.63, 3.8) is 0 Å². The van der Waals surface area contributed by atoms with Gasteiger partial charge in [-0.15, -0.1) is 0 Å². The third-order valence-corrected chi connectivity index (χ3v) is 3.62. The van der Waals surface area contributed by atoms with Crippen molar-refractivity contribution in [3.05, 3.63) is 23.3 Å². The van der Waals surface area contributed by atoms with Crippen LogP contribution in [-0.2, 0) is 0 Å². The molecule has 1 atom stereocenters. The zero-order valence-electron chi connectivity index (χ0n) is 10.6. The summed E-state index contributed by atoms with van der Waals surface area (Å²) in [4.78, 5) is 2.29. The predicted octanol–water partition coefficient (Wildman–Crippen LogP) is 0.586. The Bertz CT molecular complexity index is 444. The highest BCUT2D eigenvalue weighted by molar-refractivity contribution is 5.49. The van der Waals surface area contributed by atoms with Crippen LogP contribution in [0.2, 0.25) is 0 Å². The summed E-state index contributed by atoms with van der Waals surface area (Å²) in [5.74, 6) is 1.63. The van der Waals surface area contributed by atoms with Crippen LogP contribution in [0.4, 0.5) is 0 Å². The molecule has 1 saturated heterocycles. The van der Waals surface area contributed by atoms with Crippen molar-refractivity contribution in [2.24, 2.45) is 5.73 Å². The smallest absolute Gasteiger partial charge is 0.231 e. The maximum Gasteiger partial charge on any atom is 0.231 e. The van der Waals surface area contributed by atoms with Gasteiger partial charge < -0.3 is 20.5 Å². The molecule has 3 N–H and O–H groups in total. The van der Waals surface area contributed by atoms with Gasteiger partial charge >= 0.3 is 0 Å². The molecule has 0 spiro atoms. The van der Waals surface area contributed by atoms with Crippen molar-refractivity contribution in [1.29, 1.82) is 0 Å². The van der Waals surface area contributed by atoms with E-state index in [1.807, 2.05) is 12.1 Å². The Labute approximate surface area is 107 Å². The Kier molecular flexibility index (Phi) is 3.11. The predicted molar refractivity (Wildman–Crippen MR) is 68.7 cm³/mol. The maximum absolute atomic E-state index is 6.37. The van der Waals surface area contributed by atoms with Gasteiger partial charge in [-0.25, -0.2) is 0 Å². The van der Waals surface area contributed by atoms with Crippen LogP contribution in [0.25, 0.3) is 0 Å². The quantitative estimate of drug-likeness (QED) is 0.803. The second-order valence-corrected chi connectivity index (χ2v) is 4.79. The highest BCUT2D eigenvalue weighted by Gasteiger charge is 2.23. The van der Waals surface area contributed by atoms with Crippen molar-refractivity contribution in [3.8, 4) is 11.5 Å². The first-order chi connectivity index (χ1) is 8.75. The summed E-state index contributed by atoms with van der Waals surface area (Å²) in [6.07, 6.45) is -0.0680. The molecular weight excluding hydrogens is 230 g/mol. The van der Waals surface area contributed by atoms with Crippen LogP contribution in [0.1, 0.15) is 17.3 Å². The summed E-state index contributed by atoms with van der Waals surface area (Å²) in [6.45, 7) is 6.33. The lowest BCUT2D eigenvalue weighted by atomic mass is 10.0. The van der Waals surface area contributed by atoms with Crippen LogP contribution in [0.15, 0.2) is 12.1 Å². The van der Waals surface area contributed by atoms with Gasteiger partial charge in [-0.1, -0.05) is 0 Å². The van der Waals surface area contributed by atoms with Gasteiger partial charge in [0.2, 0.25) is 6.79 Å². The Morgan fingerprint density at radius 1 is 1.22 bits per heavy atom. The molecule has 0 radical (unpaired) electrons. The topological polar surface area (TPSA) is 59.8 Å². The second-order valence-electron chi connectivity index (χ2n) is 4.79. The molecule has 0 bridgehead atoms.